The van der Waals surface area contributed by atoms with Crippen molar-refractivity contribution in [3.8, 4) is 5.75 Å². The Balaban J connectivity index is 1.89. The fourth-order valence-corrected chi connectivity index (χ4v) is 2.71. The summed E-state index contributed by atoms with van der Waals surface area (Å²) in [5.74, 6) is 1.81. The molecule has 0 atom stereocenters. The van der Waals surface area contributed by atoms with Crippen molar-refractivity contribution in [2.75, 3.05) is 24.9 Å². The summed E-state index contributed by atoms with van der Waals surface area (Å²) >= 11 is 0. The molecule has 2 aromatic rings. The zero-order chi connectivity index (χ0) is 19.6. The van der Waals surface area contributed by atoms with Crippen LogP contribution in [0.3, 0.4) is 0 Å². The van der Waals surface area contributed by atoms with E-state index < -0.39 is 5.97 Å². The first-order valence-corrected chi connectivity index (χ1v) is 8.99. The van der Waals surface area contributed by atoms with Gasteiger partial charge in [0.1, 0.15) is 17.1 Å². The van der Waals surface area contributed by atoms with Gasteiger partial charge in [-0.2, -0.15) is 4.98 Å². The number of ether oxygens (including phenoxy) is 2. The van der Waals surface area contributed by atoms with E-state index in [0.717, 1.165) is 24.2 Å². The number of hydrogen-bond acceptors (Lipinski definition) is 7. The van der Waals surface area contributed by atoms with E-state index in [1.165, 1.54) is 14.2 Å². The molecule has 144 valence electrons. The molecule has 1 aromatic carbocycles. The van der Waals surface area contributed by atoms with Crippen LogP contribution in [0.2, 0.25) is 0 Å². The average molecular weight is 370 g/mol. The van der Waals surface area contributed by atoms with E-state index >= 15 is 0 Å². The minimum Gasteiger partial charge on any atom is -0.496 e. The smallest absolute Gasteiger partial charge is 0.341 e. The first-order chi connectivity index (χ1) is 12.8. The normalized spacial score (nSPS) is 13.8. The molecule has 1 heterocycles. The third-order valence-corrected chi connectivity index (χ3v) is 4.11. The number of hydrogen-bond donors (Lipinski definition) is 2. The number of esters is 1. The Morgan fingerprint density at radius 3 is 2.48 bits per heavy atom. The van der Waals surface area contributed by atoms with Crippen molar-refractivity contribution < 1.29 is 14.3 Å². The van der Waals surface area contributed by atoms with E-state index in [1.54, 1.807) is 18.2 Å². The number of anilines is 3. The fourth-order valence-electron chi connectivity index (χ4n) is 2.71. The summed E-state index contributed by atoms with van der Waals surface area (Å²) in [5.41, 5.74) is 2.05. The molecule has 27 heavy (non-hydrogen) atoms. The third kappa shape index (κ3) is 4.87. The Morgan fingerprint density at radius 2 is 1.89 bits per heavy atom. The second kappa shape index (κ2) is 7.42. The number of carbonyl (C=O) groups excluding carboxylic acids is 1. The van der Waals surface area contributed by atoms with Gasteiger partial charge < -0.3 is 20.1 Å². The zero-order valence-corrected chi connectivity index (χ0v) is 16.4. The lowest BCUT2D eigenvalue weighted by atomic mass is 10.1. The van der Waals surface area contributed by atoms with Crippen molar-refractivity contribution in [1.82, 2.24) is 9.97 Å². The number of rotatable bonds is 6. The highest BCUT2D eigenvalue weighted by Crippen LogP contribution is 2.40. The van der Waals surface area contributed by atoms with Crippen LogP contribution in [0.25, 0.3) is 0 Å². The van der Waals surface area contributed by atoms with E-state index in [1.807, 2.05) is 6.07 Å². The van der Waals surface area contributed by atoms with E-state index in [-0.39, 0.29) is 5.54 Å². The van der Waals surface area contributed by atoms with Crippen molar-refractivity contribution in [2.24, 2.45) is 0 Å². The Morgan fingerprint density at radius 1 is 1.15 bits per heavy atom. The standard InChI is InChI=1S/C20H26N4O3/c1-20(2,3)24-19-22-15(12-6-7-12)11-17(23-19)21-13-8-9-14(18(25)27-5)16(10-13)26-4/h8-12H,6-7H2,1-5H3,(H2,21,22,23,24). The van der Waals surface area contributed by atoms with Gasteiger partial charge >= 0.3 is 5.97 Å². The highest BCUT2D eigenvalue weighted by atomic mass is 16.5. The number of methoxy groups -OCH3 is 2. The Bertz CT molecular complexity index is 842. The van der Waals surface area contributed by atoms with Gasteiger partial charge in [-0.3, -0.25) is 0 Å². The topological polar surface area (TPSA) is 85.4 Å². The molecule has 3 rings (SSSR count). The lowest BCUT2D eigenvalue weighted by molar-refractivity contribution is 0.0597. The van der Waals surface area contributed by atoms with Gasteiger partial charge in [-0.25, -0.2) is 9.78 Å². The molecule has 0 saturated heterocycles. The van der Waals surface area contributed by atoms with Gasteiger partial charge in [0.05, 0.1) is 19.9 Å². The summed E-state index contributed by atoms with van der Waals surface area (Å²) in [4.78, 5) is 21.1. The number of benzene rings is 1. The van der Waals surface area contributed by atoms with Gasteiger partial charge in [0, 0.05) is 29.3 Å². The molecule has 7 nitrogen and oxygen atoms in total. The number of carbonyl (C=O) groups is 1. The van der Waals surface area contributed by atoms with Gasteiger partial charge in [-0.15, -0.1) is 0 Å². The van der Waals surface area contributed by atoms with Gasteiger partial charge in [0.2, 0.25) is 5.95 Å². The highest BCUT2D eigenvalue weighted by molar-refractivity contribution is 5.93. The molecular formula is C20H26N4O3. The minimum absolute atomic E-state index is 0.134. The van der Waals surface area contributed by atoms with Crippen LogP contribution in [0.5, 0.6) is 5.75 Å². The van der Waals surface area contributed by atoms with Crippen LogP contribution in [-0.4, -0.2) is 35.7 Å². The molecule has 7 heteroatoms. The number of nitrogens with one attached hydrogen (secondary N) is 2. The first-order valence-electron chi connectivity index (χ1n) is 8.99. The minimum atomic E-state index is -0.437. The Labute approximate surface area is 159 Å². The monoisotopic (exact) mass is 370 g/mol. The van der Waals surface area contributed by atoms with E-state index in [4.69, 9.17) is 9.47 Å². The molecule has 1 aromatic heterocycles. The van der Waals surface area contributed by atoms with Crippen molar-refractivity contribution in [2.45, 2.75) is 45.1 Å². The molecule has 0 radical (unpaired) electrons. The van der Waals surface area contributed by atoms with Crippen LogP contribution in [0.15, 0.2) is 24.3 Å². The average Bonchev–Trinajstić information content (AvgIpc) is 3.44. The second-order valence-electron chi connectivity index (χ2n) is 7.68. The van der Waals surface area contributed by atoms with Crippen LogP contribution in [-0.2, 0) is 4.74 Å². The molecule has 1 aliphatic rings. The van der Waals surface area contributed by atoms with Gasteiger partial charge in [0.15, 0.2) is 0 Å². The lowest BCUT2D eigenvalue weighted by Crippen LogP contribution is -2.27. The van der Waals surface area contributed by atoms with Crippen molar-refractivity contribution in [1.29, 1.82) is 0 Å². The van der Waals surface area contributed by atoms with Gasteiger partial charge in [0.25, 0.3) is 0 Å². The van der Waals surface area contributed by atoms with Crippen LogP contribution >= 0.6 is 0 Å². The lowest BCUT2D eigenvalue weighted by Gasteiger charge is -2.21. The molecule has 0 aliphatic heterocycles. The van der Waals surface area contributed by atoms with Crippen LogP contribution in [0.4, 0.5) is 17.5 Å². The molecule has 1 saturated carbocycles. The van der Waals surface area contributed by atoms with Crippen LogP contribution < -0.4 is 15.4 Å². The molecule has 2 N–H and O–H groups in total. The van der Waals surface area contributed by atoms with E-state index in [2.05, 4.69) is 41.4 Å². The predicted molar refractivity (Wildman–Crippen MR) is 105 cm³/mol. The Hall–Kier alpha value is -2.83. The summed E-state index contributed by atoms with van der Waals surface area (Å²) in [6.45, 7) is 6.22. The Kier molecular flexibility index (Phi) is 5.21. The summed E-state index contributed by atoms with van der Waals surface area (Å²) in [5, 5.41) is 6.63. The maximum Gasteiger partial charge on any atom is 0.341 e. The summed E-state index contributed by atoms with van der Waals surface area (Å²) in [6, 6.07) is 7.20. The molecule has 1 aliphatic carbocycles. The van der Waals surface area contributed by atoms with Crippen molar-refractivity contribution in [3.05, 3.63) is 35.5 Å². The molecule has 0 amide bonds. The molecular weight excluding hydrogens is 344 g/mol. The molecule has 0 spiro atoms. The van der Waals surface area contributed by atoms with E-state index in [0.29, 0.717) is 29.0 Å². The van der Waals surface area contributed by atoms with Crippen LogP contribution in [0, 0.1) is 0 Å². The van der Waals surface area contributed by atoms with Crippen molar-refractivity contribution in [3.63, 3.8) is 0 Å². The number of nitrogens with zero attached hydrogens (tertiary/aromatic N) is 2. The molecule has 1 fully saturated rings. The first kappa shape index (κ1) is 18.9. The fraction of sp³-hybridized carbons (Fsp3) is 0.450. The number of aromatic nitrogens is 2. The zero-order valence-electron chi connectivity index (χ0n) is 16.4. The summed E-state index contributed by atoms with van der Waals surface area (Å²) in [7, 11) is 2.87. The SMILES string of the molecule is COC(=O)c1ccc(Nc2cc(C3CC3)nc(NC(C)(C)C)n2)cc1OC. The van der Waals surface area contributed by atoms with Crippen LogP contribution in [0.1, 0.15) is 55.6 Å². The van der Waals surface area contributed by atoms with E-state index in [9.17, 15) is 4.79 Å². The molecule has 0 bridgehead atoms. The molecule has 0 unspecified atom stereocenters. The summed E-state index contributed by atoms with van der Waals surface area (Å²) < 4.78 is 10.1. The highest BCUT2D eigenvalue weighted by Gasteiger charge is 2.27. The predicted octanol–water partition coefficient (Wildman–Crippen LogP) is 4.10. The quantitative estimate of drug-likeness (QED) is 0.740. The maximum atomic E-state index is 11.8. The second-order valence-corrected chi connectivity index (χ2v) is 7.68. The summed E-state index contributed by atoms with van der Waals surface area (Å²) in [6.07, 6.45) is 2.32. The van der Waals surface area contributed by atoms with Crippen molar-refractivity contribution >= 4 is 23.4 Å². The maximum absolute atomic E-state index is 11.8. The largest absolute Gasteiger partial charge is 0.496 e. The van der Waals surface area contributed by atoms with Gasteiger partial charge in [-0.05, 0) is 45.7 Å². The van der Waals surface area contributed by atoms with Gasteiger partial charge in [-0.1, -0.05) is 0 Å². The third-order valence-electron chi connectivity index (χ3n) is 4.11.